The van der Waals surface area contributed by atoms with E-state index in [9.17, 15) is 13.2 Å². The van der Waals surface area contributed by atoms with Gasteiger partial charge in [0.25, 0.3) is 0 Å². The summed E-state index contributed by atoms with van der Waals surface area (Å²) in [4.78, 5) is 14.6. The number of ether oxygens (including phenoxy) is 1. The Bertz CT molecular complexity index is 1130. The summed E-state index contributed by atoms with van der Waals surface area (Å²) in [5, 5.41) is 0.434. The summed E-state index contributed by atoms with van der Waals surface area (Å²) in [6.07, 6.45) is 0.666. The van der Waals surface area contributed by atoms with Gasteiger partial charge in [-0.15, -0.1) is 0 Å². The number of rotatable bonds is 6. The molecular formula is C26H33ClFNO4S. The van der Waals surface area contributed by atoms with Gasteiger partial charge < -0.3 is 9.64 Å². The first-order valence-corrected chi connectivity index (χ1v) is 13.3. The van der Waals surface area contributed by atoms with Crippen LogP contribution in [0.4, 0.5) is 10.1 Å². The largest absolute Gasteiger partial charge is 0.381 e. The van der Waals surface area contributed by atoms with Crippen molar-refractivity contribution in [3.63, 3.8) is 0 Å². The molecule has 3 rings (SSSR count). The molecule has 1 aliphatic rings. The van der Waals surface area contributed by atoms with E-state index in [1.807, 2.05) is 34.6 Å². The fraction of sp³-hybridized carbons (Fsp3) is 0.500. The molecule has 1 fully saturated rings. The molecule has 0 radical (unpaired) electrons. The third-order valence-corrected chi connectivity index (χ3v) is 8.96. The summed E-state index contributed by atoms with van der Waals surface area (Å²) >= 11 is 5.96. The maximum absolute atomic E-state index is 15.6. The van der Waals surface area contributed by atoms with Crippen LogP contribution in [-0.2, 0) is 24.1 Å². The molecule has 34 heavy (non-hydrogen) atoms. The first-order chi connectivity index (χ1) is 15.8. The van der Waals surface area contributed by atoms with Gasteiger partial charge in [0.15, 0.2) is 9.84 Å². The van der Waals surface area contributed by atoms with E-state index in [4.69, 9.17) is 16.3 Å². The van der Waals surface area contributed by atoms with Gasteiger partial charge in [-0.2, -0.15) is 0 Å². The Labute approximate surface area is 207 Å². The lowest BCUT2D eigenvalue weighted by atomic mass is 9.89. The van der Waals surface area contributed by atoms with Crippen molar-refractivity contribution in [1.82, 2.24) is 0 Å². The highest BCUT2D eigenvalue weighted by atomic mass is 35.5. The van der Waals surface area contributed by atoms with Gasteiger partial charge in [0, 0.05) is 30.7 Å². The van der Waals surface area contributed by atoms with Gasteiger partial charge >= 0.3 is 0 Å². The highest BCUT2D eigenvalue weighted by molar-refractivity contribution is 7.92. The fourth-order valence-corrected chi connectivity index (χ4v) is 6.69. The SMILES string of the molecule is CC(C)N(C(=O)CC(C)(C)C)c1ccc(C2(S(=O)(=O)c3ccc(Cl)cc3)CCOCC2)cc1F. The molecule has 0 unspecified atom stereocenters. The van der Waals surface area contributed by atoms with Crippen LogP contribution < -0.4 is 4.90 Å². The van der Waals surface area contributed by atoms with E-state index >= 15 is 4.39 Å². The topological polar surface area (TPSA) is 63.7 Å². The van der Waals surface area contributed by atoms with Crippen LogP contribution in [0.25, 0.3) is 0 Å². The van der Waals surface area contributed by atoms with E-state index in [-0.39, 0.29) is 60.4 Å². The van der Waals surface area contributed by atoms with Crippen molar-refractivity contribution in [1.29, 1.82) is 0 Å². The number of hydrogen-bond donors (Lipinski definition) is 0. The van der Waals surface area contributed by atoms with Crippen LogP contribution in [0.5, 0.6) is 0 Å². The van der Waals surface area contributed by atoms with E-state index in [0.29, 0.717) is 10.6 Å². The number of sulfone groups is 1. The van der Waals surface area contributed by atoms with Crippen LogP contribution in [-0.4, -0.2) is 33.6 Å². The number of carbonyl (C=O) groups is 1. The quantitative estimate of drug-likeness (QED) is 0.469. The maximum atomic E-state index is 15.6. The van der Waals surface area contributed by atoms with Crippen molar-refractivity contribution in [2.24, 2.45) is 5.41 Å². The zero-order valence-corrected chi connectivity index (χ0v) is 22.0. The second kappa shape index (κ2) is 9.96. The monoisotopic (exact) mass is 509 g/mol. The van der Waals surface area contributed by atoms with Gasteiger partial charge in [-0.05, 0) is 74.1 Å². The summed E-state index contributed by atoms with van der Waals surface area (Å²) in [5.41, 5.74) is 0.262. The van der Waals surface area contributed by atoms with Gasteiger partial charge in [-0.3, -0.25) is 4.79 Å². The summed E-state index contributed by atoms with van der Waals surface area (Å²) in [5.74, 6) is -0.797. The maximum Gasteiger partial charge on any atom is 0.227 e. The molecule has 0 atom stereocenters. The molecule has 0 aromatic heterocycles. The molecular weight excluding hydrogens is 477 g/mol. The van der Waals surface area contributed by atoms with Crippen molar-refractivity contribution in [3.8, 4) is 0 Å². The fourth-order valence-electron chi connectivity index (χ4n) is 4.48. The van der Waals surface area contributed by atoms with Crippen LogP contribution in [0.2, 0.25) is 5.02 Å². The zero-order valence-electron chi connectivity index (χ0n) is 20.4. The number of halogens is 2. The molecule has 1 saturated heterocycles. The second-order valence-electron chi connectivity index (χ2n) is 10.3. The second-order valence-corrected chi connectivity index (χ2v) is 13.0. The molecule has 1 aliphatic heterocycles. The molecule has 0 N–H and O–H groups in total. The van der Waals surface area contributed by atoms with Gasteiger partial charge in [0.05, 0.1) is 10.6 Å². The smallest absolute Gasteiger partial charge is 0.227 e. The minimum Gasteiger partial charge on any atom is -0.381 e. The molecule has 0 bridgehead atoms. The van der Waals surface area contributed by atoms with Crippen LogP contribution in [0.3, 0.4) is 0 Å². The number of amides is 1. The zero-order chi connectivity index (χ0) is 25.3. The van der Waals surface area contributed by atoms with Crippen LogP contribution in [0.1, 0.15) is 59.4 Å². The van der Waals surface area contributed by atoms with E-state index in [0.717, 1.165) is 0 Å². The van der Waals surface area contributed by atoms with Gasteiger partial charge in [0.2, 0.25) is 5.91 Å². The average Bonchev–Trinajstić information content (AvgIpc) is 2.74. The molecule has 2 aromatic rings. The van der Waals surface area contributed by atoms with Crippen molar-refractivity contribution in [2.75, 3.05) is 18.1 Å². The van der Waals surface area contributed by atoms with Gasteiger partial charge in [-0.1, -0.05) is 38.4 Å². The van der Waals surface area contributed by atoms with Crippen LogP contribution in [0.15, 0.2) is 47.4 Å². The lowest BCUT2D eigenvalue weighted by Gasteiger charge is -2.37. The summed E-state index contributed by atoms with van der Waals surface area (Å²) < 4.78 is 47.4. The summed E-state index contributed by atoms with van der Waals surface area (Å²) in [6, 6.07) is 10.2. The van der Waals surface area contributed by atoms with E-state index in [1.54, 1.807) is 6.07 Å². The predicted molar refractivity (Wildman–Crippen MR) is 133 cm³/mol. The minimum atomic E-state index is -3.89. The Kier molecular flexibility index (Phi) is 7.80. The molecule has 0 saturated carbocycles. The summed E-state index contributed by atoms with van der Waals surface area (Å²) in [6.45, 7) is 10.0. The first-order valence-electron chi connectivity index (χ1n) is 11.5. The Morgan fingerprint density at radius 1 is 1.12 bits per heavy atom. The number of anilines is 1. The highest BCUT2D eigenvalue weighted by Crippen LogP contribution is 2.45. The van der Waals surface area contributed by atoms with E-state index < -0.39 is 20.4 Å². The van der Waals surface area contributed by atoms with E-state index in [2.05, 4.69) is 0 Å². The van der Waals surface area contributed by atoms with Crippen LogP contribution in [0, 0.1) is 11.2 Å². The Hall–Kier alpha value is -1.96. The van der Waals surface area contributed by atoms with Gasteiger partial charge in [0.1, 0.15) is 10.6 Å². The molecule has 2 aromatic carbocycles. The minimum absolute atomic E-state index is 0.132. The van der Waals surface area contributed by atoms with E-state index in [1.165, 1.54) is 41.3 Å². The molecule has 186 valence electrons. The first kappa shape index (κ1) is 26.6. The Morgan fingerprint density at radius 2 is 1.71 bits per heavy atom. The standard InChI is InChI=1S/C26H33ClFNO4S/c1-18(2)29(24(30)17-25(3,4)5)23-11-6-19(16-22(23)28)26(12-14-33-15-13-26)34(31,32)21-9-7-20(27)8-10-21/h6-11,16,18H,12-15,17H2,1-5H3. The van der Waals surface area contributed by atoms with Crippen molar-refractivity contribution in [3.05, 3.63) is 58.9 Å². The van der Waals surface area contributed by atoms with Crippen molar-refractivity contribution >= 4 is 33.0 Å². The predicted octanol–water partition coefficient (Wildman–Crippen LogP) is 6.14. The molecule has 1 amide bonds. The Morgan fingerprint density at radius 3 is 2.21 bits per heavy atom. The normalized spacial score (nSPS) is 16.5. The number of hydrogen-bond acceptors (Lipinski definition) is 4. The van der Waals surface area contributed by atoms with Crippen LogP contribution >= 0.6 is 11.6 Å². The molecule has 1 heterocycles. The number of nitrogens with zero attached hydrogens (tertiary/aromatic N) is 1. The third-order valence-electron chi connectivity index (χ3n) is 6.14. The molecule has 0 aliphatic carbocycles. The molecule has 8 heteroatoms. The lowest BCUT2D eigenvalue weighted by Crippen LogP contribution is -2.42. The van der Waals surface area contributed by atoms with Crippen molar-refractivity contribution < 1.29 is 22.3 Å². The Balaban J connectivity index is 2.09. The highest BCUT2D eigenvalue weighted by Gasteiger charge is 2.47. The summed E-state index contributed by atoms with van der Waals surface area (Å²) in [7, 11) is -3.89. The third kappa shape index (κ3) is 5.31. The number of carbonyl (C=O) groups excluding carboxylic acids is 1. The van der Waals surface area contributed by atoms with Crippen molar-refractivity contribution in [2.45, 2.75) is 69.6 Å². The average molecular weight is 510 g/mol. The molecule has 5 nitrogen and oxygen atoms in total. The lowest BCUT2D eigenvalue weighted by molar-refractivity contribution is -0.120. The molecule has 0 spiro atoms. The van der Waals surface area contributed by atoms with Gasteiger partial charge in [-0.25, -0.2) is 12.8 Å². The number of benzene rings is 2.